The fourth-order valence-corrected chi connectivity index (χ4v) is 3.33. The van der Waals surface area contributed by atoms with Crippen LogP contribution in [0.1, 0.15) is 11.1 Å². The molecule has 4 rings (SSSR count). The maximum absolute atomic E-state index is 12.3. The molecule has 2 aromatic carbocycles. The summed E-state index contributed by atoms with van der Waals surface area (Å²) in [4.78, 5) is 12.3. The number of tetrazole rings is 1. The lowest BCUT2D eigenvalue weighted by Gasteiger charge is -2.09. The molecule has 9 heteroatoms. The van der Waals surface area contributed by atoms with Crippen molar-refractivity contribution in [1.82, 2.24) is 20.2 Å². The van der Waals surface area contributed by atoms with Crippen molar-refractivity contribution in [1.29, 1.82) is 0 Å². The van der Waals surface area contributed by atoms with Crippen LogP contribution in [0.15, 0.2) is 41.6 Å². The second-order valence-corrected chi connectivity index (χ2v) is 7.01. The van der Waals surface area contributed by atoms with E-state index < -0.39 is 0 Å². The Morgan fingerprint density at radius 3 is 2.93 bits per heavy atom. The lowest BCUT2D eigenvalue weighted by Crippen LogP contribution is -2.15. The third-order valence-corrected chi connectivity index (χ3v) is 4.96. The minimum absolute atomic E-state index is 0.117. The number of nitrogens with one attached hydrogen (secondary N) is 1. The first-order chi connectivity index (χ1) is 13.1. The number of hydrogen-bond acceptors (Lipinski definition) is 7. The molecule has 0 atom stereocenters. The molecule has 8 nitrogen and oxygen atoms in total. The lowest BCUT2D eigenvalue weighted by atomic mass is 10.1. The first kappa shape index (κ1) is 17.3. The van der Waals surface area contributed by atoms with Gasteiger partial charge in [-0.05, 0) is 53.6 Å². The van der Waals surface area contributed by atoms with Gasteiger partial charge in [-0.2, -0.15) is 4.68 Å². The van der Waals surface area contributed by atoms with E-state index in [1.54, 1.807) is 16.8 Å². The van der Waals surface area contributed by atoms with Gasteiger partial charge < -0.3 is 14.8 Å². The molecule has 0 bridgehead atoms. The molecular formula is C18H17N5O3S. The fourth-order valence-electron chi connectivity index (χ4n) is 2.63. The van der Waals surface area contributed by atoms with Crippen LogP contribution in [-0.2, 0) is 4.79 Å². The van der Waals surface area contributed by atoms with Crippen molar-refractivity contribution in [3.8, 4) is 17.2 Å². The number of aryl methyl sites for hydroxylation is 2. The monoisotopic (exact) mass is 383 g/mol. The van der Waals surface area contributed by atoms with Crippen LogP contribution in [0.25, 0.3) is 5.69 Å². The van der Waals surface area contributed by atoms with Gasteiger partial charge in [-0.1, -0.05) is 23.9 Å². The van der Waals surface area contributed by atoms with Crippen LogP contribution in [0.3, 0.4) is 0 Å². The van der Waals surface area contributed by atoms with E-state index in [1.807, 2.05) is 38.1 Å². The average Bonchev–Trinajstić information content (AvgIpc) is 3.31. The zero-order valence-corrected chi connectivity index (χ0v) is 15.6. The fraction of sp³-hybridized carbons (Fsp3) is 0.222. The smallest absolute Gasteiger partial charge is 0.234 e. The minimum atomic E-state index is -0.117. The number of thioether (sulfide) groups is 1. The van der Waals surface area contributed by atoms with Gasteiger partial charge in [0.1, 0.15) is 0 Å². The van der Waals surface area contributed by atoms with Gasteiger partial charge in [0.2, 0.25) is 17.9 Å². The van der Waals surface area contributed by atoms with Crippen molar-refractivity contribution in [3.63, 3.8) is 0 Å². The van der Waals surface area contributed by atoms with Gasteiger partial charge in [0, 0.05) is 11.8 Å². The molecule has 1 aliphatic heterocycles. The van der Waals surface area contributed by atoms with E-state index in [1.165, 1.54) is 11.8 Å². The zero-order chi connectivity index (χ0) is 18.8. The maximum atomic E-state index is 12.3. The molecular weight excluding hydrogens is 366 g/mol. The molecule has 1 aromatic heterocycles. The number of fused-ring (bicyclic) bond motifs is 1. The largest absolute Gasteiger partial charge is 0.454 e. The quantitative estimate of drug-likeness (QED) is 0.677. The van der Waals surface area contributed by atoms with Gasteiger partial charge in [-0.3, -0.25) is 4.79 Å². The average molecular weight is 383 g/mol. The number of amides is 1. The van der Waals surface area contributed by atoms with Crippen LogP contribution in [0.2, 0.25) is 0 Å². The predicted octanol–water partition coefficient (Wildman–Crippen LogP) is 2.74. The van der Waals surface area contributed by atoms with Crippen LogP contribution in [0, 0.1) is 13.8 Å². The highest BCUT2D eigenvalue weighted by Crippen LogP contribution is 2.34. The van der Waals surface area contributed by atoms with E-state index in [4.69, 9.17) is 9.47 Å². The molecule has 0 unspecified atom stereocenters. The minimum Gasteiger partial charge on any atom is -0.454 e. The molecule has 0 aliphatic carbocycles. The molecule has 1 amide bonds. The standard InChI is InChI=1S/C18H17N5O3S/c1-11-3-4-12(2)14(7-11)19-17(24)9-27-18-20-21-22-23(18)13-5-6-15-16(8-13)26-10-25-15/h3-8H,9-10H2,1-2H3,(H,19,24). The first-order valence-corrected chi connectivity index (χ1v) is 9.27. The number of carbonyl (C=O) groups is 1. The van der Waals surface area contributed by atoms with E-state index in [0.717, 1.165) is 22.5 Å². The van der Waals surface area contributed by atoms with Gasteiger partial charge in [-0.15, -0.1) is 5.10 Å². The Bertz CT molecular complexity index is 1000. The molecule has 0 radical (unpaired) electrons. The molecule has 0 saturated carbocycles. The molecule has 2 heterocycles. The molecule has 27 heavy (non-hydrogen) atoms. The van der Waals surface area contributed by atoms with E-state index in [9.17, 15) is 4.79 Å². The highest BCUT2D eigenvalue weighted by Gasteiger charge is 2.17. The summed E-state index contributed by atoms with van der Waals surface area (Å²) in [6.45, 7) is 4.15. The number of hydrogen-bond donors (Lipinski definition) is 1. The third-order valence-electron chi connectivity index (χ3n) is 4.04. The van der Waals surface area contributed by atoms with E-state index in [2.05, 4.69) is 20.8 Å². The van der Waals surface area contributed by atoms with Crippen molar-refractivity contribution in [2.24, 2.45) is 0 Å². The zero-order valence-electron chi connectivity index (χ0n) is 14.8. The van der Waals surface area contributed by atoms with E-state index >= 15 is 0 Å². The second-order valence-electron chi connectivity index (χ2n) is 6.07. The van der Waals surface area contributed by atoms with Crippen LogP contribution in [0.4, 0.5) is 5.69 Å². The number of anilines is 1. The predicted molar refractivity (Wildman–Crippen MR) is 101 cm³/mol. The number of ether oxygens (including phenoxy) is 2. The number of benzene rings is 2. The van der Waals surface area contributed by atoms with Crippen LogP contribution >= 0.6 is 11.8 Å². The third kappa shape index (κ3) is 3.72. The Morgan fingerprint density at radius 1 is 1.19 bits per heavy atom. The van der Waals surface area contributed by atoms with Gasteiger partial charge in [0.05, 0.1) is 11.4 Å². The van der Waals surface area contributed by atoms with Crippen molar-refractivity contribution in [2.45, 2.75) is 19.0 Å². The summed E-state index contributed by atoms with van der Waals surface area (Å²) in [5.74, 6) is 1.41. The Labute approximate surface area is 159 Å². The van der Waals surface area contributed by atoms with Gasteiger partial charge >= 0.3 is 0 Å². The van der Waals surface area contributed by atoms with Crippen molar-refractivity contribution >= 4 is 23.4 Å². The summed E-state index contributed by atoms with van der Waals surface area (Å²) in [5.41, 5.74) is 3.66. The Kier molecular flexibility index (Phi) is 4.68. The summed E-state index contributed by atoms with van der Waals surface area (Å²) in [5, 5.41) is 15.2. The summed E-state index contributed by atoms with van der Waals surface area (Å²) in [7, 11) is 0. The molecule has 0 fully saturated rings. The molecule has 0 spiro atoms. The lowest BCUT2D eigenvalue weighted by molar-refractivity contribution is -0.113. The second kappa shape index (κ2) is 7.28. The van der Waals surface area contributed by atoms with Crippen molar-refractivity contribution in [2.75, 3.05) is 17.9 Å². The Balaban J connectivity index is 1.44. The molecule has 1 aliphatic rings. The number of carbonyl (C=O) groups excluding carboxylic acids is 1. The Morgan fingerprint density at radius 2 is 2.04 bits per heavy atom. The van der Waals surface area contributed by atoms with E-state index in [-0.39, 0.29) is 18.5 Å². The summed E-state index contributed by atoms with van der Waals surface area (Å²) >= 11 is 1.26. The Hall–Kier alpha value is -3.07. The van der Waals surface area contributed by atoms with Crippen LogP contribution in [0.5, 0.6) is 11.5 Å². The topological polar surface area (TPSA) is 91.2 Å². The molecule has 138 valence electrons. The van der Waals surface area contributed by atoms with Crippen LogP contribution in [-0.4, -0.2) is 38.7 Å². The van der Waals surface area contributed by atoms with Gasteiger partial charge in [0.25, 0.3) is 0 Å². The summed E-state index contributed by atoms with van der Waals surface area (Å²) in [6, 6.07) is 11.4. The van der Waals surface area contributed by atoms with Crippen molar-refractivity contribution in [3.05, 3.63) is 47.5 Å². The normalized spacial score (nSPS) is 12.2. The SMILES string of the molecule is Cc1ccc(C)c(NC(=O)CSc2nnnn2-c2ccc3c(c2)OCO3)c1. The highest BCUT2D eigenvalue weighted by molar-refractivity contribution is 7.99. The van der Waals surface area contributed by atoms with Gasteiger partial charge in [-0.25, -0.2) is 0 Å². The maximum Gasteiger partial charge on any atom is 0.234 e. The van der Waals surface area contributed by atoms with Crippen molar-refractivity contribution < 1.29 is 14.3 Å². The molecule has 3 aromatic rings. The summed E-state index contributed by atoms with van der Waals surface area (Å²) in [6.07, 6.45) is 0. The number of nitrogens with zero attached hydrogens (tertiary/aromatic N) is 4. The number of rotatable bonds is 5. The molecule has 1 N–H and O–H groups in total. The molecule has 0 saturated heterocycles. The number of aromatic nitrogens is 4. The van der Waals surface area contributed by atoms with Crippen LogP contribution < -0.4 is 14.8 Å². The first-order valence-electron chi connectivity index (χ1n) is 8.28. The highest BCUT2D eigenvalue weighted by atomic mass is 32.2. The van der Waals surface area contributed by atoms with Gasteiger partial charge in [0.15, 0.2) is 11.5 Å². The van der Waals surface area contributed by atoms with E-state index in [0.29, 0.717) is 16.7 Å². The summed E-state index contributed by atoms with van der Waals surface area (Å²) < 4.78 is 12.3.